The molecule has 1 aliphatic heterocycles. The summed E-state index contributed by atoms with van der Waals surface area (Å²) < 4.78 is 0. The highest BCUT2D eigenvalue weighted by molar-refractivity contribution is 5.80. The van der Waals surface area contributed by atoms with Crippen LogP contribution in [0.1, 0.15) is 24.5 Å². The third-order valence-corrected chi connectivity index (χ3v) is 3.73. The third-order valence-electron chi connectivity index (χ3n) is 3.73. The predicted octanol–water partition coefficient (Wildman–Crippen LogP) is 1.66. The Labute approximate surface area is 116 Å². The Hall–Kier alpha value is -1.19. The van der Waals surface area contributed by atoms with E-state index in [1.54, 1.807) is 0 Å². The van der Waals surface area contributed by atoms with Gasteiger partial charge in [-0.25, -0.2) is 0 Å². The van der Waals surface area contributed by atoms with Gasteiger partial charge in [0, 0.05) is 32.6 Å². The minimum absolute atomic E-state index is 0.362. The number of nitrogens with zero attached hydrogens (tertiary/aromatic N) is 1. The number of benzene rings is 1. The van der Waals surface area contributed by atoms with Crippen molar-refractivity contribution in [3.8, 4) is 0 Å². The number of carbonyl (C=O) groups excluding carboxylic acids is 1. The standard InChI is InChI=1S/C16H24N2O/c1-2-14-3-5-15(6-4-14)7-8-16(19)13-18-11-9-17-10-12-18/h3-6,17H,2,7-13H2,1H3. The van der Waals surface area contributed by atoms with Crippen LogP contribution >= 0.6 is 0 Å². The molecule has 1 saturated heterocycles. The largest absolute Gasteiger partial charge is 0.314 e. The molecule has 0 unspecified atom stereocenters. The lowest BCUT2D eigenvalue weighted by molar-refractivity contribution is -0.120. The molecular weight excluding hydrogens is 236 g/mol. The van der Waals surface area contributed by atoms with Crippen molar-refractivity contribution >= 4 is 5.78 Å². The summed E-state index contributed by atoms with van der Waals surface area (Å²) in [6.07, 6.45) is 2.60. The molecule has 0 radical (unpaired) electrons. The van der Waals surface area contributed by atoms with Crippen LogP contribution in [-0.4, -0.2) is 43.4 Å². The van der Waals surface area contributed by atoms with Gasteiger partial charge < -0.3 is 5.32 Å². The number of ketones is 1. The summed E-state index contributed by atoms with van der Waals surface area (Å²) in [4.78, 5) is 14.2. The van der Waals surface area contributed by atoms with E-state index < -0.39 is 0 Å². The molecule has 0 aromatic heterocycles. The highest BCUT2D eigenvalue weighted by atomic mass is 16.1. The van der Waals surface area contributed by atoms with E-state index in [1.165, 1.54) is 11.1 Å². The Balaban J connectivity index is 1.72. The van der Waals surface area contributed by atoms with E-state index in [1.807, 2.05) is 0 Å². The molecule has 1 heterocycles. The van der Waals surface area contributed by atoms with Crippen LogP contribution in [0.2, 0.25) is 0 Å². The van der Waals surface area contributed by atoms with E-state index >= 15 is 0 Å². The van der Waals surface area contributed by atoms with E-state index in [4.69, 9.17) is 0 Å². The zero-order chi connectivity index (χ0) is 13.5. The molecule has 0 spiro atoms. The van der Waals surface area contributed by atoms with Gasteiger partial charge in [-0.15, -0.1) is 0 Å². The maximum absolute atomic E-state index is 11.9. The van der Waals surface area contributed by atoms with Gasteiger partial charge in [0.05, 0.1) is 6.54 Å². The first-order valence-electron chi connectivity index (χ1n) is 7.30. The number of Topliss-reactive ketones (excluding diaryl/α,β-unsaturated/α-hetero) is 1. The molecule has 1 fully saturated rings. The fraction of sp³-hybridized carbons (Fsp3) is 0.562. The monoisotopic (exact) mass is 260 g/mol. The number of carbonyl (C=O) groups is 1. The predicted molar refractivity (Wildman–Crippen MR) is 78.5 cm³/mol. The fourth-order valence-corrected chi connectivity index (χ4v) is 2.42. The van der Waals surface area contributed by atoms with Gasteiger partial charge >= 0.3 is 0 Å². The molecule has 1 aliphatic rings. The summed E-state index contributed by atoms with van der Waals surface area (Å²) in [6.45, 7) is 6.78. The van der Waals surface area contributed by atoms with Crippen LogP contribution in [0.4, 0.5) is 0 Å². The van der Waals surface area contributed by atoms with E-state index in [0.29, 0.717) is 18.7 Å². The average molecular weight is 260 g/mol. The van der Waals surface area contributed by atoms with Crippen LogP contribution < -0.4 is 5.32 Å². The van der Waals surface area contributed by atoms with Gasteiger partial charge in [-0.05, 0) is 24.0 Å². The summed E-state index contributed by atoms with van der Waals surface area (Å²) >= 11 is 0. The molecule has 1 aromatic rings. The van der Waals surface area contributed by atoms with Gasteiger partial charge in [0.25, 0.3) is 0 Å². The molecule has 0 atom stereocenters. The summed E-state index contributed by atoms with van der Waals surface area (Å²) in [5, 5.41) is 3.30. The first-order chi connectivity index (χ1) is 9.28. The summed E-state index contributed by atoms with van der Waals surface area (Å²) in [5.41, 5.74) is 2.63. The van der Waals surface area contributed by atoms with Gasteiger partial charge in [0.1, 0.15) is 5.78 Å². The highest BCUT2D eigenvalue weighted by Gasteiger charge is 2.13. The smallest absolute Gasteiger partial charge is 0.147 e. The molecule has 104 valence electrons. The van der Waals surface area contributed by atoms with E-state index in [0.717, 1.165) is 39.0 Å². The van der Waals surface area contributed by atoms with Crippen molar-refractivity contribution in [3.05, 3.63) is 35.4 Å². The molecule has 1 aromatic carbocycles. The Morgan fingerprint density at radius 1 is 1.16 bits per heavy atom. The van der Waals surface area contributed by atoms with Crippen molar-refractivity contribution in [2.45, 2.75) is 26.2 Å². The van der Waals surface area contributed by atoms with Gasteiger partial charge in [-0.1, -0.05) is 31.2 Å². The third kappa shape index (κ3) is 4.77. The SMILES string of the molecule is CCc1ccc(CCC(=O)CN2CCNCC2)cc1. The average Bonchev–Trinajstić information content (AvgIpc) is 2.47. The number of piperazine rings is 1. The molecule has 19 heavy (non-hydrogen) atoms. The molecule has 0 bridgehead atoms. The fourth-order valence-electron chi connectivity index (χ4n) is 2.42. The maximum atomic E-state index is 11.9. The molecule has 1 N–H and O–H groups in total. The molecule has 2 rings (SSSR count). The lowest BCUT2D eigenvalue weighted by Crippen LogP contribution is -2.45. The number of hydrogen-bond donors (Lipinski definition) is 1. The van der Waals surface area contributed by atoms with Crippen LogP contribution in [0.25, 0.3) is 0 Å². The zero-order valence-corrected chi connectivity index (χ0v) is 11.8. The molecule has 0 aliphatic carbocycles. The highest BCUT2D eigenvalue weighted by Crippen LogP contribution is 2.08. The van der Waals surface area contributed by atoms with E-state index in [9.17, 15) is 4.79 Å². The van der Waals surface area contributed by atoms with E-state index in [-0.39, 0.29) is 0 Å². The maximum Gasteiger partial charge on any atom is 0.147 e. The Morgan fingerprint density at radius 3 is 2.42 bits per heavy atom. The second kappa shape index (κ2) is 7.41. The topological polar surface area (TPSA) is 32.3 Å². The molecule has 3 heteroatoms. The summed E-state index contributed by atoms with van der Waals surface area (Å²) in [7, 11) is 0. The molecular formula is C16H24N2O. The van der Waals surface area contributed by atoms with Gasteiger partial charge in [0.15, 0.2) is 0 Å². The minimum atomic E-state index is 0.362. The lowest BCUT2D eigenvalue weighted by atomic mass is 10.0. The van der Waals surface area contributed by atoms with Crippen molar-refractivity contribution < 1.29 is 4.79 Å². The van der Waals surface area contributed by atoms with Crippen molar-refractivity contribution in [1.82, 2.24) is 10.2 Å². The van der Waals surface area contributed by atoms with E-state index in [2.05, 4.69) is 41.4 Å². The zero-order valence-electron chi connectivity index (χ0n) is 11.8. The van der Waals surface area contributed by atoms with Gasteiger partial charge in [0.2, 0.25) is 0 Å². The van der Waals surface area contributed by atoms with Crippen LogP contribution in [0.15, 0.2) is 24.3 Å². The number of nitrogens with one attached hydrogen (secondary N) is 1. The van der Waals surface area contributed by atoms with Crippen LogP contribution in [0, 0.1) is 0 Å². The number of hydrogen-bond acceptors (Lipinski definition) is 3. The van der Waals surface area contributed by atoms with Crippen molar-refractivity contribution in [2.24, 2.45) is 0 Å². The quantitative estimate of drug-likeness (QED) is 0.844. The molecule has 3 nitrogen and oxygen atoms in total. The number of aryl methyl sites for hydroxylation is 2. The van der Waals surface area contributed by atoms with Crippen molar-refractivity contribution in [2.75, 3.05) is 32.7 Å². The first-order valence-corrected chi connectivity index (χ1v) is 7.30. The summed E-state index contributed by atoms with van der Waals surface area (Å²) in [6, 6.07) is 8.63. The lowest BCUT2D eigenvalue weighted by Gasteiger charge is -2.26. The Bertz CT molecular complexity index is 394. The van der Waals surface area contributed by atoms with Gasteiger partial charge in [-0.3, -0.25) is 9.69 Å². The molecule has 0 amide bonds. The molecule has 0 saturated carbocycles. The number of rotatable bonds is 6. The second-order valence-electron chi connectivity index (χ2n) is 5.23. The van der Waals surface area contributed by atoms with Gasteiger partial charge in [-0.2, -0.15) is 0 Å². The Morgan fingerprint density at radius 2 is 1.79 bits per heavy atom. The first kappa shape index (κ1) is 14.2. The Kier molecular flexibility index (Phi) is 5.55. The van der Waals surface area contributed by atoms with Crippen LogP contribution in [-0.2, 0) is 17.6 Å². The summed E-state index contributed by atoms with van der Waals surface area (Å²) in [5.74, 6) is 0.362. The van der Waals surface area contributed by atoms with Crippen molar-refractivity contribution in [1.29, 1.82) is 0 Å². The minimum Gasteiger partial charge on any atom is -0.314 e. The van der Waals surface area contributed by atoms with Crippen LogP contribution in [0.5, 0.6) is 0 Å². The van der Waals surface area contributed by atoms with Crippen molar-refractivity contribution in [3.63, 3.8) is 0 Å². The van der Waals surface area contributed by atoms with Crippen LogP contribution in [0.3, 0.4) is 0 Å². The normalized spacial score (nSPS) is 16.5. The second-order valence-corrected chi connectivity index (χ2v) is 5.23.